The number of halogens is 1. The highest BCUT2D eigenvalue weighted by atomic mass is 35.5. The molecule has 0 saturated carbocycles. The largest absolute Gasteiger partial charge is 0.350 e. The van der Waals surface area contributed by atoms with Crippen LogP contribution in [0.15, 0.2) is 35.4 Å². The highest BCUT2D eigenvalue weighted by Gasteiger charge is 2.20. The van der Waals surface area contributed by atoms with Gasteiger partial charge in [-0.1, -0.05) is 23.7 Å². The Labute approximate surface area is 159 Å². The maximum absolute atomic E-state index is 12.8. The molecule has 7 heteroatoms. The highest BCUT2D eigenvalue weighted by molar-refractivity contribution is 7.18. The minimum atomic E-state index is -0.225. The molecule has 1 aliphatic rings. The summed E-state index contributed by atoms with van der Waals surface area (Å²) in [5.41, 5.74) is 1.94. The summed E-state index contributed by atoms with van der Waals surface area (Å²) in [6, 6.07) is 7.32. The van der Waals surface area contributed by atoms with Gasteiger partial charge in [0.15, 0.2) is 0 Å². The second kappa shape index (κ2) is 7.21. The van der Waals surface area contributed by atoms with Gasteiger partial charge in [0.25, 0.3) is 5.56 Å². The number of rotatable bonds is 4. The van der Waals surface area contributed by atoms with Crippen LogP contribution in [-0.2, 0) is 30.7 Å². The molecule has 26 heavy (non-hydrogen) atoms. The van der Waals surface area contributed by atoms with E-state index in [0.717, 1.165) is 35.2 Å². The molecule has 1 aliphatic carbocycles. The van der Waals surface area contributed by atoms with Gasteiger partial charge in [0.05, 0.1) is 11.7 Å². The molecule has 1 aromatic carbocycles. The number of aryl methyl sites for hydroxylation is 2. The maximum Gasteiger partial charge on any atom is 0.262 e. The summed E-state index contributed by atoms with van der Waals surface area (Å²) in [4.78, 5) is 31.6. The minimum Gasteiger partial charge on any atom is -0.350 e. The van der Waals surface area contributed by atoms with Gasteiger partial charge in [-0.05, 0) is 48.9 Å². The molecule has 134 valence electrons. The van der Waals surface area contributed by atoms with Crippen LogP contribution in [0.1, 0.15) is 28.8 Å². The van der Waals surface area contributed by atoms with Crippen molar-refractivity contribution in [3.63, 3.8) is 0 Å². The Hall–Kier alpha value is -2.18. The Morgan fingerprint density at radius 1 is 1.31 bits per heavy atom. The van der Waals surface area contributed by atoms with Gasteiger partial charge in [-0.15, -0.1) is 11.3 Å². The van der Waals surface area contributed by atoms with Crippen LogP contribution < -0.4 is 10.9 Å². The van der Waals surface area contributed by atoms with E-state index in [1.807, 2.05) is 12.1 Å². The standard InChI is InChI=1S/C19H18ClN3O2S/c20-13-5-3-4-12(8-13)9-21-16(24)10-23-11-22-18-17(19(23)25)14-6-1-2-7-15(14)26-18/h3-5,8,11H,1-2,6-7,9-10H2,(H,21,24). The van der Waals surface area contributed by atoms with E-state index in [4.69, 9.17) is 11.6 Å². The van der Waals surface area contributed by atoms with Crippen LogP contribution in [0, 0.1) is 0 Å². The first kappa shape index (κ1) is 17.2. The summed E-state index contributed by atoms with van der Waals surface area (Å²) in [5, 5.41) is 4.16. The third kappa shape index (κ3) is 3.39. The van der Waals surface area contributed by atoms with Crippen molar-refractivity contribution in [2.24, 2.45) is 0 Å². The topological polar surface area (TPSA) is 64.0 Å². The molecule has 0 fully saturated rings. The molecule has 0 bridgehead atoms. The highest BCUT2D eigenvalue weighted by Crippen LogP contribution is 2.33. The Kier molecular flexibility index (Phi) is 4.78. The first-order chi connectivity index (χ1) is 12.6. The van der Waals surface area contributed by atoms with Crippen molar-refractivity contribution in [3.8, 4) is 0 Å². The van der Waals surface area contributed by atoms with Crippen LogP contribution >= 0.6 is 22.9 Å². The molecule has 4 rings (SSSR count). The van der Waals surface area contributed by atoms with Gasteiger partial charge in [0.1, 0.15) is 11.4 Å². The van der Waals surface area contributed by atoms with Crippen molar-refractivity contribution in [2.75, 3.05) is 0 Å². The summed E-state index contributed by atoms with van der Waals surface area (Å²) in [6.45, 7) is 0.338. The zero-order chi connectivity index (χ0) is 18.1. The van der Waals surface area contributed by atoms with E-state index >= 15 is 0 Å². The number of hydrogen-bond acceptors (Lipinski definition) is 4. The monoisotopic (exact) mass is 387 g/mol. The van der Waals surface area contributed by atoms with Crippen LogP contribution in [0.3, 0.4) is 0 Å². The number of amides is 1. The van der Waals surface area contributed by atoms with Gasteiger partial charge in [-0.25, -0.2) is 4.98 Å². The summed E-state index contributed by atoms with van der Waals surface area (Å²) >= 11 is 7.56. The van der Waals surface area contributed by atoms with Gasteiger partial charge in [-0.2, -0.15) is 0 Å². The predicted octanol–water partition coefficient (Wildman–Crippen LogP) is 3.31. The van der Waals surface area contributed by atoms with E-state index < -0.39 is 0 Å². The van der Waals surface area contributed by atoms with Crippen LogP contribution in [0.4, 0.5) is 0 Å². The Bertz CT molecular complexity index is 1040. The van der Waals surface area contributed by atoms with Gasteiger partial charge in [0, 0.05) is 16.4 Å². The van der Waals surface area contributed by atoms with E-state index in [0.29, 0.717) is 17.0 Å². The fraction of sp³-hybridized carbons (Fsp3) is 0.316. The molecule has 2 heterocycles. The normalized spacial score (nSPS) is 13.6. The summed E-state index contributed by atoms with van der Waals surface area (Å²) in [6.07, 6.45) is 5.70. The van der Waals surface area contributed by atoms with Crippen molar-refractivity contribution in [3.05, 3.63) is 62.0 Å². The Morgan fingerprint density at radius 2 is 2.15 bits per heavy atom. The maximum atomic E-state index is 12.8. The van der Waals surface area contributed by atoms with Gasteiger partial charge >= 0.3 is 0 Å². The van der Waals surface area contributed by atoms with E-state index in [2.05, 4.69) is 10.3 Å². The molecule has 1 amide bonds. The molecule has 1 N–H and O–H groups in total. The number of nitrogens with one attached hydrogen (secondary N) is 1. The first-order valence-electron chi connectivity index (χ1n) is 8.62. The number of carbonyl (C=O) groups excluding carboxylic acids is 1. The van der Waals surface area contributed by atoms with Gasteiger partial charge < -0.3 is 5.32 Å². The van der Waals surface area contributed by atoms with Crippen molar-refractivity contribution < 1.29 is 4.79 Å². The fourth-order valence-electron chi connectivity index (χ4n) is 3.35. The number of thiophene rings is 1. The third-order valence-electron chi connectivity index (χ3n) is 4.63. The second-order valence-corrected chi connectivity index (χ2v) is 8.00. The first-order valence-corrected chi connectivity index (χ1v) is 9.82. The number of nitrogens with zero attached hydrogens (tertiary/aromatic N) is 2. The fourth-order valence-corrected chi connectivity index (χ4v) is 4.78. The molecule has 3 aromatic rings. The lowest BCUT2D eigenvalue weighted by molar-refractivity contribution is -0.121. The van der Waals surface area contributed by atoms with Crippen LogP contribution in [0.25, 0.3) is 10.2 Å². The number of carbonyl (C=O) groups is 1. The Morgan fingerprint density at radius 3 is 3.00 bits per heavy atom. The lowest BCUT2D eigenvalue weighted by atomic mass is 9.97. The zero-order valence-corrected chi connectivity index (χ0v) is 15.7. The average molecular weight is 388 g/mol. The molecular formula is C19H18ClN3O2S. The molecule has 0 atom stereocenters. The predicted molar refractivity (Wildman–Crippen MR) is 104 cm³/mol. The molecule has 0 spiro atoms. The average Bonchev–Trinajstić information content (AvgIpc) is 3.02. The smallest absolute Gasteiger partial charge is 0.262 e. The number of fused-ring (bicyclic) bond motifs is 3. The van der Waals surface area contributed by atoms with Crippen molar-refractivity contribution >= 4 is 39.1 Å². The van der Waals surface area contributed by atoms with Gasteiger partial charge in [0.2, 0.25) is 5.91 Å². The molecule has 0 saturated heterocycles. The third-order valence-corrected chi connectivity index (χ3v) is 6.07. The quantitative estimate of drug-likeness (QED) is 0.747. The number of hydrogen-bond donors (Lipinski definition) is 1. The van der Waals surface area contributed by atoms with Crippen LogP contribution in [0.5, 0.6) is 0 Å². The molecule has 0 unspecified atom stereocenters. The van der Waals surface area contributed by atoms with Crippen molar-refractivity contribution in [2.45, 2.75) is 38.8 Å². The lowest BCUT2D eigenvalue weighted by Gasteiger charge is -2.10. The molecular weight excluding hydrogens is 370 g/mol. The number of aromatic nitrogens is 2. The van der Waals surface area contributed by atoms with E-state index in [1.54, 1.807) is 23.5 Å². The zero-order valence-electron chi connectivity index (χ0n) is 14.1. The lowest BCUT2D eigenvalue weighted by Crippen LogP contribution is -2.32. The SMILES string of the molecule is O=C(Cn1cnc2sc3c(c2c1=O)CCCC3)NCc1cccc(Cl)c1. The Balaban J connectivity index is 1.52. The van der Waals surface area contributed by atoms with Crippen LogP contribution in [-0.4, -0.2) is 15.5 Å². The van der Waals surface area contributed by atoms with E-state index in [1.165, 1.54) is 22.2 Å². The van der Waals surface area contributed by atoms with E-state index in [9.17, 15) is 9.59 Å². The molecule has 0 aliphatic heterocycles. The molecule has 5 nitrogen and oxygen atoms in total. The molecule has 0 radical (unpaired) electrons. The van der Waals surface area contributed by atoms with E-state index in [-0.39, 0.29) is 18.0 Å². The molecule has 2 aromatic heterocycles. The van der Waals surface area contributed by atoms with Gasteiger partial charge in [-0.3, -0.25) is 14.2 Å². The summed E-state index contributed by atoms with van der Waals surface area (Å²) < 4.78 is 1.40. The minimum absolute atomic E-state index is 0.0348. The summed E-state index contributed by atoms with van der Waals surface area (Å²) in [7, 11) is 0. The van der Waals surface area contributed by atoms with Crippen molar-refractivity contribution in [1.82, 2.24) is 14.9 Å². The summed E-state index contributed by atoms with van der Waals surface area (Å²) in [5.74, 6) is -0.225. The number of benzene rings is 1. The van der Waals surface area contributed by atoms with Crippen LogP contribution in [0.2, 0.25) is 5.02 Å². The van der Waals surface area contributed by atoms with Crippen molar-refractivity contribution in [1.29, 1.82) is 0 Å². The second-order valence-electron chi connectivity index (χ2n) is 6.48.